The van der Waals surface area contributed by atoms with E-state index < -0.39 is 28.0 Å². The summed E-state index contributed by atoms with van der Waals surface area (Å²) >= 11 is 0. The molecule has 0 saturated carbocycles. The monoisotopic (exact) mass is 831 g/mol. The Hall–Kier alpha value is -3.17. The average molecular weight is 831 g/mol. The highest BCUT2D eigenvalue weighted by Gasteiger charge is 2.56. The Labute approximate surface area is 354 Å². The highest BCUT2D eigenvalue weighted by molar-refractivity contribution is 5.84. The third kappa shape index (κ3) is 17.4. The molecule has 335 valence electrons. The summed E-state index contributed by atoms with van der Waals surface area (Å²) < 4.78 is 17.9. The lowest BCUT2D eigenvalue weighted by Gasteiger charge is -2.35. The second-order valence-corrected chi connectivity index (χ2v) is 17.5. The molecule has 2 heterocycles. The van der Waals surface area contributed by atoms with Crippen molar-refractivity contribution in [2.45, 2.75) is 161 Å². The van der Waals surface area contributed by atoms with Crippen LogP contribution in [-0.4, -0.2) is 114 Å². The first-order valence-electron chi connectivity index (χ1n) is 22.6. The summed E-state index contributed by atoms with van der Waals surface area (Å²) in [4.78, 5) is 55.9. The van der Waals surface area contributed by atoms with Crippen molar-refractivity contribution in [3.63, 3.8) is 0 Å². The zero-order valence-electron chi connectivity index (χ0n) is 37.0. The number of carbonyl (C=O) groups excluding carboxylic acids is 3. The van der Waals surface area contributed by atoms with Gasteiger partial charge < -0.3 is 29.3 Å². The van der Waals surface area contributed by atoms with E-state index >= 15 is 0 Å². The molecule has 2 aliphatic rings. The van der Waals surface area contributed by atoms with Gasteiger partial charge in [0.05, 0.1) is 61.5 Å². The first kappa shape index (κ1) is 50.2. The summed E-state index contributed by atoms with van der Waals surface area (Å²) in [6.45, 7) is 11.8. The summed E-state index contributed by atoms with van der Waals surface area (Å²) in [5, 5.41) is 29.3. The van der Waals surface area contributed by atoms with Gasteiger partial charge in [-0.15, -0.1) is 10.3 Å². The number of nitro groups is 1. The first-order valence-corrected chi connectivity index (χ1v) is 22.6. The van der Waals surface area contributed by atoms with Gasteiger partial charge in [-0.3, -0.25) is 24.5 Å². The van der Waals surface area contributed by atoms with E-state index in [0.717, 1.165) is 30.7 Å². The van der Waals surface area contributed by atoms with E-state index in [4.69, 9.17) is 14.2 Å². The van der Waals surface area contributed by atoms with Gasteiger partial charge in [-0.1, -0.05) is 103 Å². The van der Waals surface area contributed by atoms with Crippen LogP contribution in [0.1, 0.15) is 155 Å². The number of nitro benzene ring substituents is 1. The summed E-state index contributed by atoms with van der Waals surface area (Å²) in [5.41, 5.74) is -1.44. The Morgan fingerprint density at radius 3 is 1.98 bits per heavy atom. The number of nitrogens with one attached hydrogen (secondary N) is 1. The van der Waals surface area contributed by atoms with Gasteiger partial charge >= 0.3 is 0 Å². The molecule has 2 saturated heterocycles. The fourth-order valence-corrected chi connectivity index (χ4v) is 8.41. The number of nitrogens with zero attached hydrogens (tertiary/aromatic N) is 4. The van der Waals surface area contributed by atoms with Gasteiger partial charge in [0.1, 0.15) is 6.10 Å². The number of hydroxylamine groups is 2. The van der Waals surface area contributed by atoms with Crippen LogP contribution in [0.4, 0.5) is 5.69 Å². The molecule has 2 aliphatic heterocycles. The largest absolute Gasteiger partial charge is 0.377 e. The molecule has 2 atom stereocenters. The van der Waals surface area contributed by atoms with E-state index in [9.17, 15) is 29.7 Å². The molecule has 1 aromatic rings. The van der Waals surface area contributed by atoms with Crippen LogP contribution >= 0.6 is 0 Å². The molecule has 1 aromatic carbocycles. The molecule has 0 spiro atoms. The molecular formula is C45H76N5O9. The average Bonchev–Trinajstić information content (AvgIpc) is 3.38. The molecule has 0 bridgehead atoms. The summed E-state index contributed by atoms with van der Waals surface area (Å²) in [6, 6.07) is 6.38. The lowest BCUT2D eigenvalue weighted by atomic mass is 9.86. The fourth-order valence-electron chi connectivity index (χ4n) is 8.41. The minimum atomic E-state index is -0.934. The van der Waals surface area contributed by atoms with Gasteiger partial charge in [0, 0.05) is 50.6 Å². The molecule has 59 heavy (non-hydrogen) atoms. The van der Waals surface area contributed by atoms with Crippen molar-refractivity contribution in [3.8, 4) is 0 Å². The van der Waals surface area contributed by atoms with Crippen molar-refractivity contribution in [1.82, 2.24) is 20.2 Å². The fraction of sp³-hybridized carbons (Fsp3) is 0.800. The normalized spacial score (nSPS) is 21.9. The molecule has 3 amide bonds. The van der Waals surface area contributed by atoms with Crippen molar-refractivity contribution in [2.24, 2.45) is 5.92 Å². The van der Waals surface area contributed by atoms with Crippen LogP contribution in [0.5, 0.6) is 0 Å². The zero-order chi connectivity index (χ0) is 43.1. The predicted molar refractivity (Wildman–Crippen MR) is 228 cm³/mol. The van der Waals surface area contributed by atoms with Crippen LogP contribution in [0.3, 0.4) is 0 Å². The van der Waals surface area contributed by atoms with Crippen LogP contribution < -0.4 is 5.32 Å². The smallest absolute Gasteiger partial charge is 0.275 e. The number of para-hydroxylation sites is 1. The van der Waals surface area contributed by atoms with E-state index in [-0.39, 0.29) is 88.9 Å². The van der Waals surface area contributed by atoms with Crippen LogP contribution in [0, 0.1) is 16.0 Å². The molecule has 0 aromatic heterocycles. The Balaban J connectivity index is 1.74. The van der Waals surface area contributed by atoms with E-state index in [0.29, 0.717) is 25.1 Å². The van der Waals surface area contributed by atoms with Gasteiger partial charge in [0.25, 0.3) is 5.69 Å². The molecule has 2 unspecified atom stereocenters. The third-order valence-electron chi connectivity index (χ3n) is 11.9. The number of benzene rings is 1. The number of rotatable bonds is 18. The maximum Gasteiger partial charge on any atom is 0.275 e. The Morgan fingerprint density at radius 2 is 1.39 bits per heavy atom. The third-order valence-corrected chi connectivity index (χ3v) is 11.9. The Morgan fingerprint density at radius 1 is 0.814 bits per heavy atom. The van der Waals surface area contributed by atoms with Crippen LogP contribution in [0.2, 0.25) is 0 Å². The second-order valence-electron chi connectivity index (χ2n) is 17.5. The number of hydrogen-bond acceptors (Lipinski definition) is 9. The minimum absolute atomic E-state index is 0.000371. The van der Waals surface area contributed by atoms with Crippen LogP contribution in [0.25, 0.3) is 0 Å². The van der Waals surface area contributed by atoms with E-state index in [2.05, 4.69) is 12.2 Å². The maximum absolute atomic E-state index is 14.2. The van der Waals surface area contributed by atoms with Crippen molar-refractivity contribution in [1.29, 1.82) is 0 Å². The molecule has 1 N–H and O–H groups in total. The molecule has 14 nitrogen and oxygen atoms in total. The zero-order valence-corrected chi connectivity index (χ0v) is 37.0. The van der Waals surface area contributed by atoms with Crippen molar-refractivity contribution < 1.29 is 38.7 Å². The summed E-state index contributed by atoms with van der Waals surface area (Å²) in [6.07, 6.45) is 16.4. The highest BCUT2D eigenvalue weighted by atomic mass is 16.6. The maximum atomic E-state index is 14.2. The van der Waals surface area contributed by atoms with Crippen molar-refractivity contribution in [3.05, 3.63) is 39.9 Å². The van der Waals surface area contributed by atoms with Crippen molar-refractivity contribution >= 4 is 23.4 Å². The summed E-state index contributed by atoms with van der Waals surface area (Å²) in [7, 11) is 0. The van der Waals surface area contributed by atoms with Crippen molar-refractivity contribution in [2.75, 3.05) is 65.8 Å². The standard InChI is InChI=1S/C45H76N5O9/c1-6-7-8-9-10-11-12-13-14-15-16-17-18-21-27-48-36-40(37-22-19-20-23-39(37)49(54)55)59-32-29-47(43(53)38-35-44(2,3)50(56)45(38,4)5)28-31-58-34-33-57-30-26-46-41(51)24-25-42(48)52/h19-20,22-23,38,40H,6-18,21,24-36H2,1-5H3,(H,46,51). The Bertz CT molecular complexity index is 1410. The molecule has 3 rings (SSSR count). The number of unbranched alkanes of at least 4 members (excludes halogenated alkanes) is 13. The highest BCUT2D eigenvalue weighted by Crippen LogP contribution is 2.44. The molecule has 14 heteroatoms. The van der Waals surface area contributed by atoms with E-state index in [1.54, 1.807) is 41.8 Å². The van der Waals surface area contributed by atoms with Gasteiger partial charge in [-0.05, 0) is 46.6 Å². The predicted octanol–water partition coefficient (Wildman–Crippen LogP) is 7.96. The number of ether oxygens (including phenoxy) is 3. The molecular weight excluding hydrogens is 755 g/mol. The molecule has 1 radical (unpaired) electrons. The lowest BCUT2D eigenvalue weighted by Crippen LogP contribution is -2.50. The number of carbonyl (C=O) groups is 3. The minimum Gasteiger partial charge on any atom is -0.377 e. The van der Waals surface area contributed by atoms with Gasteiger partial charge in [-0.25, -0.2) is 0 Å². The number of amides is 3. The van der Waals surface area contributed by atoms with E-state index in [1.807, 2.05) is 13.8 Å². The van der Waals surface area contributed by atoms with E-state index in [1.165, 1.54) is 70.3 Å². The molecule has 2 fully saturated rings. The van der Waals surface area contributed by atoms with Gasteiger partial charge in [-0.2, -0.15) is 0 Å². The molecule has 0 aliphatic carbocycles. The topological polar surface area (TPSA) is 164 Å². The first-order chi connectivity index (χ1) is 28.3. The van der Waals surface area contributed by atoms with Crippen LogP contribution in [0.15, 0.2) is 24.3 Å². The number of hydrogen-bond donors (Lipinski definition) is 1. The van der Waals surface area contributed by atoms with Crippen LogP contribution in [-0.2, 0) is 33.8 Å². The van der Waals surface area contributed by atoms with Gasteiger partial charge in [0.15, 0.2) is 0 Å². The SMILES string of the molecule is CCCCCCCCCCCCCCCCN1CC(c2ccccc2[N+](=O)[O-])OCCN(C(=O)C2CC(C)(C)N([O])C2(C)C)CCOCCOCCNC(=O)CCC1=O. The van der Waals surface area contributed by atoms with Gasteiger partial charge in [0.2, 0.25) is 17.7 Å². The second kappa shape index (κ2) is 26.9. The quantitative estimate of drug-likeness (QED) is 0.0879. The summed E-state index contributed by atoms with van der Waals surface area (Å²) in [5.74, 6) is -1.23. The lowest BCUT2D eigenvalue weighted by molar-refractivity contribution is -0.386. The Kier molecular flexibility index (Phi) is 22.9.